The van der Waals surface area contributed by atoms with Crippen LogP contribution in [0.4, 0.5) is 5.82 Å². The van der Waals surface area contributed by atoms with Crippen LogP contribution < -0.4 is 5.32 Å². The smallest absolute Gasteiger partial charge is 0.159 e. The molecular weight excluding hydrogens is 329 g/mol. The lowest BCUT2D eigenvalue weighted by molar-refractivity contribution is 0.0773. The average molecular weight is 347 g/mol. The molecule has 1 heterocycles. The van der Waals surface area contributed by atoms with Crippen molar-refractivity contribution in [2.75, 3.05) is 19.0 Å². The summed E-state index contributed by atoms with van der Waals surface area (Å²) in [7, 11) is 1.74. The van der Waals surface area contributed by atoms with Crippen molar-refractivity contribution in [3.63, 3.8) is 0 Å². The summed E-state index contributed by atoms with van der Waals surface area (Å²) in [5, 5.41) is 3.33. The first-order valence-electron chi connectivity index (χ1n) is 6.05. The first-order valence-corrected chi connectivity index (χ1v) is 7.13. The van der Waals surface area contributed by atoms with Gasteiger partial charge >= 0.3 is 0 Å². The van der Waals surface area contributed by atoms with E-state index in [0.717, 1.165) is 28.2 Å². The Morgan fingerprint density at radius 2 is 2.35 bits per heavy atom. The third-order valence-electron chi connectivity index (χ3n) is 2.86. The Labute approximate surface area is 116 Å². The molecule has 0 aromatic carbocycles. The number of nitrogens with one attached hydrogen (secondary N) is 1. The zero-order valence-electron chi connectivity index (χ0n) is 10.2. The molecule has 1 saturated carbocycles. The molecule has 0 radical (unpaired) electrons. The highest BCUT2D eigenvalue weighted by Crippen LogP contribution is 2.42. The lowest BCUT2D eigenvalue weighted by atomic mass is 10.2. The van der Waals surface area contributed by atoms with Gasteiger partial charge in [-0.1, -0.05) is 6.92 Å². The van der Waals surface area contributed by atoms with Gasteiger partial charge in [0.1, 0.15) is 11.9 Å². The molecule has 1 aliphatic carbocycles. The summed E-state index contributed by atoms with van der Waals surface area (Å²) in [5.74, 6) is 2.35. The molecule has 1 atom stereocenters. The summed E-state index contributed by atoms with van der Waals surface area (Å²) < 4.78 is 6.56. The molecule has 1 N–H and O–H groups in total. The second kappa shape index (κ2) is 5.95. The molecule has 0 spiro atoms. The fraction of sp³-hybridized carbons (Fsp3) is 0.667. The Morgan fingerprint density at radius 3 is 2.94 bits per heavy atom. The van der Waals surface area contributed by atoms with E-state index in [4.69, 9.17) is 4.74 Å². The lowest BCUT2D eigenvalue weighted by Gasteiger charge is -2.14. The van der Waals surface area contributed by atoms with Gasteiger partial charge in [-0.25, -0.2) is 9.97 Å². The van der Waals surface area contributed by atoms with Gasteiger partial charge in [0, 0.05) is 19.9 Å². The van der Waals surface area contributed by atoms with E-state index in [1.54, 1.807) is 7.11 Å². The SMILES string of the molecule is CCCNc1nc(C(OC)C2CC2)ncc1I. The summed E-state index contributed by atoms with van der Waals surface area (Å²) in [6.07, 6.45) is 5.48. The predicted molar refractivity (Wildman–Crippen MR) is 76.0 cm³/mol. The van der Waals surface area contributed by atoms with Gasteiger partial charge in [0.2, 0.25) is 0 Å². The first-order chi connectivity index (χ1) is 8.26. The van der Waals surface area contributed by atoms with Crippen molar-refractivity contribution in [3.8, 4) is 0 Å². The molecule has 5 heteroatoms. The van der Waals surface area contributed by atoms with Crippen LogP contribution >= 0.6 is 22.6 Å². The van der Waals surface area contributed by atoms with E-state index in [9.17, 15) is 0 Å². The molecule has 1 aromatic heterocycles. The van der Waals surface area contributed by atoms with E-state index in [2.05, 4.69) is 44.8 Å². The van der Waals surface area contributed by atoms with Gasteiger partial charge in [0.25, 0.3) is 0 Å². The van der Waals surface area contributed by atoms with Gasteiger partial charge < -0.3 is 10.1 Å². The summed E-state index contributed by atoms with van der Waals surface area (Å²) in [6.45, 7) is 3.08. The summed E-state index contributed by atoms with van der Waals surface area (Å²) in [4.78, 5) is 8.98. The molecule has 2 rings (SSSR count). The monoisotopic (exact) mass is 347 g/mol. The number of hydrogen-bond acceptors (Lipinski definition) is 4. The van der Waals surface area contributed by atoms with Gasteiger partial charge in [-0.2, -0.15) is 0 Å². The van der Waals surface area contributed by atoms with Crippen LogP contribution in [0.15, 0.2) is 6.20 Å². The highest BCUT2D eigenvalue weighted by molar-refractivity contribution is 14.1. The number of aromatic nitrogens is 2. The van der Waals surface area contributed by atoms with Crippen molar-refractivity contribution < 1.29 is 4.74 Å². The number of methoxy groups -OCH3 is 1. The van der Waals surface area contributed by atoms with Crippen LogP contribution in [0, 0.1) is 9.49 Å². The van der Waals surface area contributed by atoms with E-state index in [0.29, 0.717) is 5.92 Å². The molecule has 4 nitrogen and oxygen atoms in total. The highest BCUT2D eigenvalue weighted by Gasteiger charge is 2.34. The fourth-order valence-electron chi connectivity index (χ4n) is 1.79. The molecule has 1 unspecified atom stereocenters. The summed E-state index contributed by atoms with van der Waals surface area (Å²) in [5.41, 5.74) is 0. The van der Waals surface area contributed by atoms with Crippen molar-refractivity contribution >= 4 is 28.4 Å². The zero-order valence-corrected chi connectivity index (χ0v) is 12.4. The molecular formula is C12H18IN3O. The number of nitrogens with zero attached hydrogens (tertiary/aromatic N) is 2. The zero-order chi connectivity index (χ0) is 12.3. The van der Waals surface area contributed by atoms with Crippen LogP contribution in [0.25, 0.3) is 0 Å². The predicted octanol–water partition coefficient (Wildman–Crippen LogP) is 3.00. The molecule has 94 valence electrons. The van der Waals surface area contributed by atoms with E-state index in [1.807, 2.05) is 6.20 Å². The van der Waals surface area contributed by atoms with Crippen molar-refractivity contribution in [2.45, 2.75) is 32.3 Å². The standard InChI is InChI=1S/C12H18IN3O/c1-3-6-14-11-9(13)7-15-12(16-11)10(17-2)8-4-5-8/h7-8,10H,3-6H2,1-2H3,(H,14,15,16). The second-order valence-corrected chi connectivity index (χ2v) is 5.51. The van der Waals surface area contributed by atoms with Crippen LogP contribution in [-0.4, -0.2) is 23.6 Å². The molecule has 0 amide bonds. The van der Waals surface area contributed by atoms with Gasteiger partial charge in [-0.3, -0.25) is 0 Å². The highest BCUT2D eigenvalue weighted by atomic mass is 127. The number of rotatable bonds is 6. The minimum atomic E-state index is 0.0641. The van der Waals surface area contributed by atoms with Crippen LogP contribution in [0.2, 0.25) is 0 Å². The van der Waals surface area contributed by atoms with Gasteiger partial charge in [0.15, 0.2) is 5.82 Å². The minimum absolute atomic E-state index is 0.0641. The average Bonchev–Trinajstić information content (AvgIpc) is 3.15. The number of halogens is 1. The third kappa shape index (κ3) is 3.28. The summed E-state index contributed by atoms with van der Waals surface area (Å²) >= 11 is 2.26. The normalized spacial score (nSPS) is 16.9. The van der Waals surface area contributed by atoms with Crippen molar-refractivity contribution in [1.82, 2.24) is 9.97 Å². The maximum Gasteiger partial charge on any atom is 0.159 e. The van der Waals surface area contributed by atoms with E-state index < -0.39 is 0 Å². The molecule has 0 aliphatic heterocycles. The Morgan fingerprint density at radius 1 is 1.59 bits per heavy atom. The van der Waals surface area contributed by atoms with Crippen molar-refractivity contribution in [1.29, 1.82) is 0 Å². The maximum absolute atomic E-state index is 5.50. The van der Waals surface area contributed by atoms with E-state index >= 15 is 0 Å². The first kappa shape index (κ1) is 13.0. The van der Waals surface area contributed by atoms with Gasteiger partial charge in [-0.15, -0.1) is 0 Å². The molecule has 0 saturated heterocycles. The molecule has 1 fully saturated rings. The Balaban J connectivity index is 2.16. The molecule has 17 heavy (non-hydrogen) atoms. The Hall–Kier alpha value is -0.430. The molecule has 0 bridgehead atoms. The van der Waals surface area contributed by atoms with Crippen LogP contribution in [0.1, 0.15) is 38.1 Å². The fourth-order valence-corrected chi connectivity index (χ4v) is 2.24. The Kier molecular flexibility index (Phi) is 4.55. The number of ether oxygens (including phenoxy) is 1. The Bertz CT molecular complexity index is 382. The van der Waals surface area contributed by atoms with Crippen LogP contribution in [0.5, 0.6) is 0 Å². The van der Waals surface area contributed by atoms with Crippen LogP contribution in [0.3, 0.4) is 0 Å². The lowest BCUT2D eigenvalue weighted by Crippen LogP contribution is -2.12. The quantitative estimate of drug-likeness (QED) is 0.804. The summed E-state index contributed by atoms with van der Waals surface area (Å²) in [6, 6.07) is 0. The second-order valence-electron chi connectivity index (χ2n) is 4.35. The van der Waals surface area contributed by atoms with Crippen LogP contribution in [-0.2, 0) is 4.74 Å². The third-order valence-corrected chi connectivity index (χ3v) is 3.65. The van der Waals surface area contributed by atoms with E-state index in [-0.39, 0.29) is 6.10 Å². The molecule has 1 aliphatic rings. The number of anilines is 1. The number of hydrogen-bond donors (Lipinski definition) is 1. The van der Waals surface area contributed by atoms with E-state index in [1.165, 1.54) is 12.8 Å². The molecule has 1 aromatic rings. The maximum atomic E-state index is 5.50. The van der Waals surface area contributed by atoms with Crippen molar-refractivity contribution in [3.05, 3.63) is 15.6 Å². The van der Waals surface area contributed by atoms with Gasteiger partial charge in [0.05, 0.1) is 3.57 Å². The van der Waals surface area contributed by atoms with Crippen molar-refractivity contribution in [2.24, 2.45) is 5.92 Å². The van der Waals surface area contributed by atoms with Gasteiger partial charge in [-0.05, 0) is 47.8 Å². The largest absolute Gasteiger partial charge is 0.373 e. The minimum Gasteiger partial charge on any atom is -0.373 e. The topological polar surface area (TPSA) is 47.0 Å².